The highest BCUT2D eigenvalue weighted by Gasteiger charge is 2.17. The molecule has 1 atom stereocenters. The third kappa shape index (κ3) is 3.71. The molecule has 2 nitrogen and oxygen atoms in total. The van der Waals surface area contributed by atoms with Gasteiger partial charge in [0.25, 0.3) is 0 Å². The average molecular weight is 297 g/mol. The van der Waals surface area contributed by atoms with E-state index in [1.807, 2.05) is 6.07 Å². The molecule has 1 aromatic carbocycles. The molecule has 1 N–H and O–H groups in total. The fraction of sp³-hybridized carbons (Fsp3) is 0.571. The summed E-state index contributed by atoms with van der Waals surface area (Å²) in [6, 6.07) is 9.08. The van der Waals surface area contributed by atoms with E-state index in [-0.39, 0.29) is 0 Å². The van der Waals surface area contributed by atoms with Crippen LogP contribution in [0.4, 0.5) is 5.69 Å². The van der Waals surface area contributed by atoms with Gasteiger partial charge in [-0.05, 0) is 60.9 Å². The number of rotatable bonds is 4. The molecule has 17 heavy (non-hydrogen) atoms. The summed E-state index contributed by atoms with van der Waals surface area (Å²) >= 11 is 3.56. The first-order valence-electron chi connectivity index (χ1n) is 6.46. The van der Waals surface area contributed by atoms with Crippen molar-refractivity contribution >= 4 is 21.6 Å². The number of piperidine rings is 1. The number of para-hydroxylation sites is 1. The molecule has 94 valence electrons. The second kappa shape index (κ2) is 6.41. The van der Waals surface area contributed by atoms with Crippen molar-refractivity contribution in [2.24, 2.45) is 0 Å². The molecule has 1 aliphatic heterocycles. The molecule has 1 heterocycles. The Hall–Kier alpha value is -0.540. The number of likely N-dealkylation sites (tertiary alicyclic amines) is 1. The summed E-state index contributed by atoms with van der Waals surface area (Å²) < 4.78 is 1.15. The van der Waals surface area contributed by atoms with Gasteiger partial charge >= 0.3 is 0 Å². The van der Waals surface area contributed by atoms with Crippen molar-refractivity contribution in [2.45, 2.75) is 31.7 Å². The van der Waals surface area contributed by atoms with E-state index in [4.69, 9.17) is 0 Å². The summed E-state index contributed by atoms with van der Waals surface area (Å²) in [6.07, 6.45) is 5.35. The number of benzene rings is 1. The van der Waals surface area contributed by atoms with Crippen molar-refractivity contribution in [3.63, 3.8) is 0 Å². The van der Waals surface area contributed by atoms with Gasteiger partial charge in [0, 0.05) is 22.7 Å². The van der Waals surface area contributed by atoms with Crippen LogP contribution in [0, 0.1) is 0 Å². The molecule has 0 aliphatic carbocycles. The Bertz CT molecular complexity index is 354. The van der Waals surface area contributed by atoms with Gasteiger partial charge in [0.15, 0.2) is 0 Å². The van der Waals surface area contributed by atoms with Gasteiger partial charge in [-0.2, -0.15) is 0 Å². The number of nitrogens with zero attached hydrogens (tertiary/aromatic N) is 1. The summed E-state index contributed by atoms with van der Waals surface area (Å²) in [4.78, 5) is 2.51. The van der Waals surface area contributed by atoms with Gasteiger partial charge in [0.05, 0.1) is 0 Å². The van der Waals surface area contributed by atoms with Crippen LogP contribution in [0.1, 0.15) is 25.7 Å². The molecule has 1 aromatic rings. The SMILES string of the molecule is CN1CCCCC1CCNc1ccccc1Br. The standard InChI is InChI=1S/C14H21BrN2/c1-17-11-5-4-6-12(17)9-10-16-14-8-3-2-7-13(14)15/h2-3,7-8,12,16H,4-6,9-11H2,1H3. The van der Waals surface area contributed by atoms with Crippen molar-refractivity contribution in [2.75, 3.05) is 25.5 Å². The molecular formula is C14H21BrN2. The second-order valence-electron chi connectivity index (χ2n) is 4.83. The molecule has 3 heteroatoms. The molecule has 0 radical (unpaired) electrons. The molecule has 0 amide bonds. The van der Waals surface area contributed by atoms with Crippen LogP contribution >= 0.6 is 15.9 Å². The van der Waals surface area contributed by atoms with Crippen LogP contribution in [0.2, 0.25) is 0 Å². The zero-order valence-electron chi connectivity index (χ0n) is 10.5. The third-order valence-electron chi connectivity index (χ3n) is 3.59. The van der Waals surface area contributed by atoms with Crippen LogP contribution in [0.5, 0.6) is 0 Å². The molecule has 1 saturated heterocycles. The fourth-order valence-electron chi connectivity index (χ4n) is 2.49. The van der Waals surface area contributed by atoms with Crippen LogP contribution < -0.4 is 5.32 Å². The Balaban J connectivity index is 1.77. The van der Waals surface area contributed by atoms with Crippen LogP contribution in [0.15, 0.2) is 28.7 Å². The Labute approximate surface area is 113 Å². The van der Waals surface area contributed by atoms with E-state index in [2.05, 4.69) is 51.4 Å². The van der Waals surface area contributed by atoms with E-state index >= 15 is 0 Å². The van der Waals surface area contributed by atoms with E-state index in [0.717, 1.165) is 17.1 Å². The van der Waals surface area contributed by atoms with Crippen molar-refractivity contribution in [3.8, 4) is 0 Å². The predicted molar refractivity (Wildman–Crippen MR) is 77.5 cm³/mol. The minimum absolute atomic E-state index is 0.763. The van der Waals surface area contributed by atoms with Crippen molar-refractivity contribution in [1.29, 1.82) is 0 Å². The first kappa shape index (κ1) is 12.9. The summed E-state index contributed by atoms with van der Waals surface area (Å²) in [6.45, 7) is 2.32. The summed E-state index contributed by atoms with van der Waals surface area (Å²) in [5.74, 6) is 0. The Morgan fingerprint density at radius 2 is 2.18 bits per heavy atom. The van der Waals surface area contributed by atoms with E-state index < -0.39 is 0 Å². The van der Waals surface area contributed by atoms with E-state index in [0.29, 0.717) is 0 Å². The minimum Gasteiger partial charge on any atom is -0.384 e. The number of anilines is 1. The molecule has 1 unspecified atom stereocenters. The molecular weight excluding hydrogens is 276 g/mol. The minimum atomic E-state index is 0.763. The quantitative estimate of drug-likeness (QED) is 0.911. The highest BCUT2D eigenvalue weighted by molar-refractivity contribution is 9.10. The zero-order chi connectivity index (χ0) is 12.1. The van der Waals surface area contributed by atoms with Gasteiger partial charge in [-0.15, -0.1) is 0 Å². The van der Waals surface area contributed by atoms with Gasteiger partial charge in [-0.1, -0.05) is 18.6 Å². The molecule has 1 aliphatic rings. The van der Waals surface area contributed by atoms with Gasteiger partial charge in [-0.3, -0.25) is 0 Å². The number of halogens is 1. The Morgan fingerprint density at radius 1 is 1.35 bits per heavy atom. The average Bonchev–Trinajstić information content (AvgIpc) is 2.34. The maximum atomic E-state index is 3.56. The molecule has 0 aromatic heterocycles. The lowest BCUT2D eigenvalue weighted by Crippen LogP contribution is -2.37. The largest absolute Gasteiger partial charge is 0.384 e. The molecule has 2 rings (SSSR count). The lowest BCUT2D eigenvalue weighted by Gasteiger charge is -2.32. The summed E-state index contributed by atoms with van der Waals surface area (Å²) in [7, 11) is 2.25. The maximum absolute atomic E-state index is 3.56. The van der Waals surface area contributed by atoms with Gasteiger partial charge < -0.3 is 10.2 Å². The van der Waals surface area contributed by atoms with E-state index in [9.17, 15) is 0 Å². The zero-order valence-corrected chi connectivity index (χ0v) is 12.0. The maximum Gasteiger partial charge on any atom is 0.0484 e. The fourth-order valence-corrected chi connectivity index (χ4v) is 2.91. The van der Waals surface area contributed by atoms with Crippen molar-refractivity contribution in [3.05, 3.63) is 28.7 Å². The highest BCUT2D eigenvalue weighted by atomic mass is 79.9. The Morgan fingerprint density at radius 3 is 2.94 bits per heavy atom. The monoisotopic (exact) mass is 296 g/mol. The first-order chi connectivity index (χ1) is 8.27. The topological polar surface area (TPSA) is 15.3 Å². The van der Waals surface area contributed by atoms with Crippen molar-refractivity contribution < 1.29 is 0 Å². The van der Waals surface area contributed by atoms with Crippen molar-refractivity contribution in [1.82, 2.24) is 4.90 Å². The molecule has 0 spiro atoms. The van der Waals surface area contributed by atoms with Gasteiger partial charge in [-0.25, -0.2) is 0 Å². The highest BCUT2D eigenvalue weighted by Crippen LogP contribution is 2.22. The smallest absolute Gasteiger partial charge is 0.0484 e. The number of nitrogens with one attached hydrogen (secondary N) is 1. The number of hydrogen-bond acceptors (Lipinski definition) is 2. The van der Waals surface area contributed by atoms with Crippen LogP contribution in [0.25, 0.3) is 0 Å². The Kier molecular flexibility index (Phi) is 4.86. The number of hydrogen-bond donors (Lipinski definition) is 1. The van der Waals surface area contributed by atoms with Gasteiger partial charge in [0.2, 0.25) is 0 Å². The lowest BCUT2D eigenvalue weighted by molar-refractivity contribution is 0.179. The molecule has 0 bridgehead atoms. The molecule has 1 fully saturated rings. The summed E-state index contributed by atoms with van der Waals surface area (Å²) in [5.41, 5.74) is 1.20. The predicted octanol–water partition coefficient (Wildman–Crippen LogP) is 3.74. The van der Waals surface area contributed by atoms with E-state index in [1.54, 1.807) is 0 Å². The van der Waals surface area contributed by atoms with Gasteiger partial charge in [0.1, 0.15) is 0 Å². The normalized spacial score (nSPS) is 21.4. The summed E-state index contributed by atoms with van der Waals surface area (Å²) in [5, 5.41) is 3.51. The second-order valence-corrected chi connectivity index (χ2v) is 5.68. The van der Waals surface area contributed by atoms with Crippen LogP contribution in [0.3, 0.4) is 0 Å². The third-order valence-corrected chi connectivity index (χ3v) is 4.28. The van der Waals surface area contributed by atoms with Crippen LogP contribution in [-0.4, -0.2) is 31.1 Å². The van der Waals surface area contributed by atoms with Crippen LogP contribution in [-0.2, 0) is 0 Å². The van der Waals surface area contributed by atoms with E-state index in [1.165, 1.54) is 37.9 Å². The first-order valence-corrected chi connectivity index (χ1v) is 7.25. The lowest BCUT2D eigenvalue weighted by atomic mass is 10.0. The molecule has 0 saturated carbocycles.